The van der Waals surface area contributed by atoms with E-state index < -0.39 is 0 Å². The van der Waals surface area contributed by atoms with Crippen LogP contribution in [0.5, 0.6) is 0 Å². The van der Waals surface area contributed by atoms with E-state index in [0.29, 0.717) is 12.1 Å². The van der Waals surface area contributed by atoms with Crippen LogP contribution in [-0.2, 0) is 0 Å². The Kier molecular flexibility index (Phi) is 3.97. The fraction of sp³-hybridized carbons (Fsp3) is 0.571. The Morgan fingerprint density at radius 3 is 2.81 bits per heavy atom. The van der Waals surface area contributed by atoms with E-state index in [9.17, 15) is 0 Å². The van der Waals surface area contributed by atoms with Gasteiger partial charge in [-0.05, 0) is 44.8 Å². The average Bonchev–Trinajstić information content (AvgIpc) is 2.78. The first-order valence-corrected chi connectivity index (χ1v) is 6.33. The molecule has 2 nitrogen and oxygen atoms in total. The number of rotatable bonds is 4. The molecule has 2 heteroatoms. The van der Waals surface area contributed by atoms with E-state index in [0.717, 1.165) is 13.0 Å². The van der Waals surface area contributed by atoms with Crippen LogP contribution < -0.4 is 5.73 Å². The molecule has 0 saturated carbocycles. The van der Waals surface area contributed by atoms with Crippen LogP contribution in [0.25, 0.3) is 0 Å². The highest BCUT2D eigenvalue weighted by molar-refractivity contribution is 5.18. The van der Waals surface area contributed by atoms with Gasteiger partial charge in [-0.25, -0.2) is 0 Å². The molecule has 1 heterocycles. The number of likely N-dealkylation sites (tertiary alicyclic amines) is 1. The predicted octanol–water partition coefficient (Wildman–Crippen LogP) is 2.56. The Hall–Kier alpha value is -0.860. The molecule has 88 valence electrons. The lowest BCUT2D eigenvalue weighted by Crippen LogP contribution is -2.33. The summed E-state index contributed by atoms with van der Waals surface area (Å²) in [6, 6.07) is 12.0. The van der Waals surface area contributed by atoms with Gasteiger partial charge >= 0.3 is 0 Å². The number of nitrogens with two attached hydrogens (primary N) is 1. The lowest BCUT2D eigenvalue weighted by Gasteiger charge is -2.30. The molecule has 0 spiro atoms. The maximum absolute atomic E-state index is 5.68. The smallest absolute Gasteiger partial charge is 0.0322 e. The summed E-state index contributed by atoms with van der Waals surface area (Å²) in [5.41, 5.74) is 7.11. The summed E-state index contributed by atoms with van der Waals surface area (Å²) in [6.45, 7) is 4.34. The van der Waals surface area contributed by atoms with Gasteiger partial charge in [-0.3, -0.25) is 4.90 Å². The highest BCUT2D eigenvalue weighted by Gasteiger charge is 2.28. The van der Waals surface area contributed by atoms with Crippen LogP contribution in [0.1, 0.15) is 37.8 Å². The molecule has 1 aliphatic rings. The van der Waals surface area contributed by atoms with E-state index in [-0.39, 0.29) is 0 Å². The highest BCUT2D eigenvalue weighted by atomic mass is 15.2. The molecule has 2 unspecified atom stereocenters. The number of hydrogen-bond donors (Lipinski definition) is 1. The van der Waals surface area contributed by atoms with Crippen LogP contribution in [0.3, 0.4) is 0 Å². The van der Waals surface area contributed by atoms with Crippen LogP contribution >= 0.6 is 0 Å². The van der Waals surface area contributed by atoms with Crippen molar-refractivity contribution in [3.8, 4) is 0 Å². The van der Waals surface area contributed by atoms with E-state index in [1.54, 1.807) is 0 Å². The molecule has 1 fully saturated rings. The third-order valence-electron chi connectivity index (χ3n) is 3.70. The molecular weight excluding hydrogens is 196 g/mol. The van der Waals surface area contributed by atoms with Crippen molar-refractivity contribution in [1.82, 2.24) is 4.90 Å². The summed E-state index contributed by atoms with van der Waals surface area (Å²) in [7, 11) is 0. The van der Waals surface area contributed by atoms with Gasteiger partial charge in [-0.2, -0.15) is 0 Å². The molecule has 0 amide bonds. The predicted molar refractivity (Wildman–Crippen MR) is 68.3 cm³/mol. The minimum atomic E-state index is 0.528. The van der Waals surface area contributed by atoms with Gasteiger partial charge < -0.3 is 5.73 Å². The lowest BCUT2D eigenvalue weighted by molar-refractivity contribution is 0.186. The van der Waals surface area contributed by atoms with Crippen molar-refractivity contribution in [3.63, 3.8) is 0 Å². The first-order chi connectivity index (χ1) is 7.83. The van der Waals surface area contributed by atoms with Gasteiger partial charge in [0, 0.05) is 12.1 Å². The van der Waals surface area contributed by atoms with Crippen molar-refractivity contribution in [3.05, 3.63) is 35.9 Å². The minimum absolute atomic E-state index is 0.528. The van der Waals surface area contributed by atoms with Crippen molar-refractivity contribution < 1.29 is 0 Å². The van der Waals surface area contributed by atoms with E-state index in [1.807, 2.05) is 0 Å². The Morgan fingerprint density at radius 1 is 1.38 bits per heavy atom. The quantitative estimate of drug-likeness (QED) is 0.841. The summed E-state index contributed by atoms with van der Waals surface area (Å²) in [5.74, 6) is 0. The minimum Gasteiger partial charge on any atom is -0.330 e. The van der Waals surface area contributed by atoms with E-state index >= 15 is 0 Å². The number of benzene rings is 1. The van der Waals surface area contributed by atoms with Crippen molar-refractivity contribution in [2.45, 2.75) is 38.3 Å². The molecule has 1 saturated heterocycles. The maximum Gasteiger partial charge on any atom is 0.0322 e. The molecule has 1 aromatic rings. The molecule has 2 rings (SSSR count). The van der Waals surface area contributed by atoms with Crippen molar-refractivity contribution in [1.29, 1.82) is 0 Å². The summed E-state index contributed by atoms with van der Waals surface area (Å²) >= 11 is 0. The standard InChI is InChI=1S/C14H22N2/c1-12(13-6-3-2-4-7-13)16-11-5-8-14(16)9-10-15/h2-4,6-7,12,14H,5,8-11,15H2,1H3. The summed E-state index contributed by atoms with van der Waals surface area (Å²) in [4.78, 5) is 2.61. The van der Waals surface area contributed by atoms with Gasteiger partial charge in [0.15, 0.2) is 0 Å². The second kappa shape index (κ2) is 5.46. The fourth-order valence-electron chi connectivity index (χ4n) is 2.79. The van der Waals surface area contributed by atoms with Gasteiger partial charge in [-0.15, -0.1) is 0 Å². The van der Waals surface area contributed by atoms with Crippen LogP contribution in [0, 0.1) is 0 Å². The van der Waals surface area contributed by atoms with Crippen molar-refractivity contribution in [2.75, 3.05) is 13.1 Å². The summed E-state index contributed by atoms with van der Waals surface area (Å²) in [6.07, 6.45) is 3.77. The molecule has 1 aliphatic heterocycles. The number of nitrogens with zero attached hydrogens (tertiary/aromatic N) is 1. The SMILES string of the molecule is CC(c1ccccc1)N1CCCC1CCN. The maximum atomic E-state index is 5.68. The molecule has 2 atom stereocenters. The molecule has 1 aromatic carbocycles. The van der Waals surface area contributed by atoms with E-state index in [2.05, 4.69) is 42.2 Å². The Bertz CT molecular complexity index is 310. The zero-order valence-corrected chi connectivity index (χ0v) is 10.1. The molecular formula is C14H22N2. The van der Waals surface area contributed by atoms with Crippen molar-refractivity contribution in [2.24, 2.45) is 5.73 Å². The van der Waals surface area contributed by atoms with Crippen LogP contribution in [0.2, 0.25) is 0 Å². The van der Waals surface area contributed by atoms with Crippen LogP contribution in [-0.4, -0.2) is 24.0 Å². The molecule has 0 radical (unpaired) electrons. The second-order valence-electron chi connectivity index (χ2n) is 4.70. The Balaban J connectivity index is 2.06. The number of hydrogen-bond acceptors (Lipinski definition) is 2. The highest BCUT2D eigenvalue weighted by Crippen LogP contribution is 2.30. The van der Waals surface area contributed by atoms with Crippen LogP contribution in [0.15, 0.2) is 30.3 Å². The van der Waals surface area contributed by atoms with E-state index in [4.69, 9.17) is 5.73 Å². The van der Waals surface area contributed by atoms with Crippen LogP contribution in [0.4, 0.5) is 0 Å². The molecule has 16 heavy (non-hydrogen) atoms. The Morgan fingerprint density at radius 2 is 2.12 bits per heavy atom. The van der Waals surface area contributed by atoms with Gasteiger partial charge in [-0.1, -0.05) is 30.3 Å². The van der Waals surface area contributed by atoms with E-state index in [1.165, 1.54) is 24.9 Å². The largest absolute Gasteiger partial charge is 0.330 e. The summed E-state index contributed by atoms with van der Waals surface area (Å²) in [5, 5.41) is 0. The second-order valence-corrected chi connectivity index (χ2v) is 4.70. The van der Waals surface area contributed by atoms with Gasteiger partial charge in [0.2, 0.25) is 0 Å². The zero-order valence-electron chi connectivity index (χ0n) is 10.1. The third kappa shape index (κ3) is 2.45. The lowest BCUT2D eigenvalue weighted by atomic mass is 10.0. The average molecular weight is 218 g/mol. The monoisotopic (exact) mass is 218 g/mol. The first-order valence-electron chi connectivity index (χ1n) is 6.33. The zero-order chi connectivity index (χ0) is 11.4. The molecule has 2 N–H and O–H groups in total. The van der Waals surface area contributed by atoms with Gasteiger partial charge in [0.1, 0.15) is 0 Å². The molecule has 0 aliphatic carbocycles. The normalized spacial score (nSPS) is 23.5. The molecule has 0 aromatic heterocycles. The topological polar surface area (TPSA) is 29.3 Å². The fourth-order valence-corrected chi connectivity index (χ4v) is 2.79. The summed E-state index contributed by atoms with van der Waals surface area (Å²) < 4.78 is 0. The third-order valence-corrected chi connectivity index (χ3v) is 3.70. The Labute approximate surface area is 98.4 Å². The van der Waals surface area contributed by atoms with Crippen molar-refractivity contribution >= 4 is 0 Å². The molecule has 0 bridgehead atoms. The van der Waals surface area contributed by atoms with Gasteiger partial charge in [0.25, 0.3) is 0 Å². The van der Waals surface area contributed by atoms with Gasteiger partial charge in [0.05, 0.1) is 0 Å². The first kappa shape index (κ1) is 11.6.